The van der Waals surface area contributed by atoms with Crippen molar-refractivity contribution in [1.82, 2.24) is 15.6 Å². The monoisotopic (exact) mass is 376 g/mol. The molecule has 0 saturated heterocycles. The summed E-state index contributed by atoms with van der Waals surface area (Å²) >= 11 is 0. The quantitative estimate of drug-likeness (QED) is 0.345. The van der Waals surface area contributed by atoms with Gasteiger partial charge < -0.3 is 15.4 Å². The van der Waals surface area contributed by atoms with E-state index in [4.69, 9.17) is 4.74 Å². The van der Waals surface area contributed by atoms with Gasteiger partial charge in [-0.15, -0.1) is 30.6 Å². The fraction of sp³-hybridized carbons (Fsp3) is 0.385. The molecule has 0 aliphatic carbocycles. The average molecular weight is 376 g/mol. The van der Waals surface area contributed by atoms with Crippen molar-refractivity contribution >= 4 is 29.9 Å². The second kappa shape index (κ2) is 10.6. The van der Waals surface area contributed by atoms with Crippen molar-refractivity contribution in [3.63, 3.8) is 0 Å². The molecule has 0 bridgehead atoms. The lowest BCUT2D eigenvalue weighted by Crippen LogP contribution is -2.37. The highest BCUT2D eigenvalue weighted by Crippen LogP contribution is 2.09. The van der Waals surface area contributed by atoms with E-state index in [2.05, 4.69) is 27.2 Å². The van der Waals surface area contributed by atoms with Crippen molar-refractivity contribution in [2.45, 2.75) is 13.5 Å². The van der Waals surface area contributed by atoms with Crippen LogP contribution in [0.25, 0.3) is 0 Å². The Morgan fingerprint density at radius 2 is 2.32 bits per heavy atom. The van der Waals surface area contributed by atoms with Crippen LogP contribution in [-0.2, 0) is 6.54 Å². The van der Waals surface area contributed by atoms with Gasteiger partial charge in [0.1, 0.15) is 0 Å². The summed E-state index contributed by atoms with van der Waals surface area (Å²) in [5.41, 5.74) is 1.05. The van der Waals surface area contributed by atoms with Crippen LogP contribution < -0.4 is 15.4 Å². The maximum atomic E-state index is 5.07. The van der Waals surface area contributed by atoms with Crippen molar-refractivity contribution in [1.29, 1.82) is 0 Å². The van der Waals surface area contributed by atoms with Gasteiger partial charge in [-0.2, -0.15) is 0 Å². The molecule has 0 unspecified atom stereocenters. The second-order valence-electron chi connectivity index (χ2n) is 3.57. The molecule has 0 saturated carbocycles. The molecule has 1 heterocycles. The number of methoxy groups -OCH3 is 1. The number of nitrogens with zero attached hydrogens (tertiary/aromatic N) is 2. The third kappa shape index (κ3) is 7.00. The number of rotatable bonds is 6. The molecule has 1 rings (SSSR count). The summed E-state index contributed by atoms with van der Waals surface area (Å²) in [6.45, 7) is 7.77. The number of hydrogen-bond donors (Lipinski definition) is 2. The molecule has 0 aliphatic heterocycles. The summed E-state index contributed by atoms with van der Waals surface area (Å²) in [5.74, 6) is 1.37. The van der Waals surface area contributed by atoms with Crippen LogP contribution in [0.3, 0.4) is 0 Å². The third-order valence-electron chi connectivity index (χ3n) is 2.19. The highest BCUT2D eigenvalue weighted by molar-refractivity contribution is 14.0. The first-order valence-corrected chi connectivity index (χ1v) is 5.92. The number of halogens is 1. The standard InChI is InChI=1S/C13H20N4O.HI/c1-4-7-16-13(14-5-2)17-10-11-6-8-15-12(9-11)18-3;/h4,6,8-9H,1,5,7,10H2,2-3H3,(H2,14,16,17);1H. The molecule has 1 aromatic rings. The van der Waals surface area contributed by atoms with Crippen LogP contribution in [0.1, 0.15) is 12.5 Å². The van der Waals surface area contributed by atoms with E-state index >= 15 is 0 Å². The maximum Gasteiger partial charge on any atom is 0.213 e. The SMILES string of the molecule is C=CCNC(=NCc1ccnc(OC)c1)NCC.I. The van der Waals surface area contributed by atoms with Gasteiger partial charge in [0.15, 0.2) is 5.96 Å². The first-order valence-electron chi connectivity index (χ1n) is 5.92. The fourth-order valence-electron chi connectivity index (χ4n) is 1.34. The summed E-state index contributed by atoms with van der Waals surface area (Å²) in [7, 11) is 1.60. The lowest BCUT2D eigenvalue weighted by molar-refractivity contribution is 0.397. The van der Waals surface area contributed by atoms with Crippen molar-refractivity contribution in [2.75, 3.05) is 20.2 Å². The van der Waals surface area contributed by atoms with Crippen LogP contribution in [0.15, 0.2) is 36.0 Å². The molecule has 0 spiro atoms. The molecule has 19 heavy (non-hydrogen) atoms. The van der Waals surface area contributed by atoms with E-state index in [-0.39, 0.29) is 24.0 Å². The Labute approximate surface area is 131 Å². The topological polar surface area (TPSA) is 58.5 Å². The minimum Gasteiger partial charge on any atom is -0.481 e. The van der Waals surface area contributed by atoms with Crippen LogP contribution in [0.2, 0.25) is 0 Å². The largest absolute Gasteiger partial charge is 0.481 e. The Balaban J connectivity index is 0.00000324. The molecule has 106 valence electrons. The van der Waals surface area contributed by atoms with Crippen LogP contribution >= 0.6 is 24.0 Å². The highest BCUT2D eigenvalue weighted by Gasteiger charge is 1.98. The zero-order valence-electron chi connectivity index (χ0n) is 11.3. The minimum absolute atomic E-state index is 0. The number of hydrogen-bond acceptors (Lipinski definition) is 3. The molecule has 0 radical (unpaired) electrons. The zero-order valence-corrected chi connectivity index (χ0v) is 13.7. The first-order chi connectivity index (χ1) is 8.80. The molecule has 5 nitrogen and oxygen atoms in total. The van der Waals surface area contributed by atoms with Crippen molar-refractivity contribution in [2.24, 2.45) is 4.99 Å². The van der Waals surface area contributed by atoms with Gasteiger partial charge in [-0.3, -0.25) is 0 Å². The van der Waals surface area contributed by atoms with Gasteiger partial charge in [-0.1, -0.05) is 6.08 Å². The van der Waals surface area contributed by atoms with E-state index in [1.54, 1.807) is 19.4 Å². The Morgan fingerprint density at radius 3 is 2.95 bits per heavy atom. The summed E-state index contributed by atoms with van der Waals surface area (Å²) in [6, 6.07) is 3.80. The fourth-order valence-corrected chi connectivity index (χ4v) is 1.34. The van der Waals surface area contributed by atoms with E-state index in [1.807, 2.05) is 19.1 Å². The zero-order chi connectivity index (χ0) is 13.2. The van der Waals surface area contributed by atoms with Gasteiger partial charge in [-0.05, 0) is 18.6 Å². The summed E-state index contributed by atoms with van der Waals surface area (Å²) in [6.07, 6.45) is 3.51. The van der Waals surface area contributed by atoms with E-state index in [9.17, 15) is 0 Å². The van der Waals surface area contributed by atoms with Crippen LogP contribution in [0.4, 0.5) is 0 Å². The highest BCUT2D eigenvalue weighted by atomic mass is 127. The molecule has 1 aromatic heterocycles. The van der Waals surface area contributed by atoms with Crippen LogP contribution in [-0.4, -0.2) is 31.1 Å². The van der Waals surface area contributed by atoms with Crippen molar-refractivity contribution < 1.29 is 4.74 Å². The van der Waals surface area contributed by atoms with Crippen LogP contribution in [0, 0.1) is 0 Å². The Kier molecular flexibility index (Phi) is 9.87. The minimum atomic E-state index is 0. The first kappa shape index (κ1) is 17.7. The molecule has 6 heteroatoms. The molecular weight excluding hydrogens is 355 g/mol. The summed E-state index contributed by atoms with van der Waals surface area (Å²) in [4.78, 5) is 8.52. The average Bonchev–Trinajstić information content (AvgIpc) is 2.42. The molecule has 0 fully saturated rings. The smallest absolute Gasteiger partial charge is 0.213 e. The van der Waals surface area contributed by atoms with Crippen LogP contribution in [0.5, 0.6) is 5.88 Å². The van der Waals surface area contributed by atoms with Crippen molar-refractivity contribution in [3.05, 3.63) is 36.5 Å². The Morgan fingerprint density at radius 1 is 1.53 bits per heavy atom. The molecular formula is C13H21IN4O. The summed E-state index contributed by atoms with van der Waals surface area (Å²) in [5, 5.41) is 6.30. The molecule has 0 amide bonds. The second-order valence-corrected chi connectivity index (χ2v) is 3.57. The van der Waals surface area contributed by atoms with E-state index in [1.165, 1.54) is 0 Å². The Hall–Kier alpha value is -1.31. The third-order valence-corrected chi connectivity index (χ3v) is 2.19. The van der Waals surface area contributed by atoms with E-state index in [0.29, 0.717) is 19.0 Å². The number of aromatic nitrogens is 1. The Bertz CT molecular complexity index is 409. The normalized spacial score (nSPS) is 10.3. The lowest BCUT2D eigenvalue weighted by atomic mass is 10.3. The van der Waals surface area contributed by atoms with Gasteiger partial charge in [0, 0.05) is 25.4 Å². The van der Waals surface area contributed by atoms with Gasteiger partial charge in [0.05, 0.1) is 13.7 Å². The van der Waals surface area contributed by atoms with E-state index < -0.39 is 0 Å². The number of nitrogens with one attached hydrogen (secondary N) is 2. The number of guanidine groups is 1. The van der Waals surface area contributed by atoms with Gasteiger partial charge in [0.25, 0.3) is 0 Å². The number of pyridine rings is 1. The number of ether oxygens (including phenoxy) is 1. The van der Waals surface area contributed by atoms with Gasteiger partial charge in [0.2, 0.25) is 5.88 Å². The summed E-state index contributed by atoms with van der Waals surface area (Å²) < 4.78 is 5.07. The maximum absolute atomic E-state index is 5.07. The molecule has 0 atom stereocenters. The number of aliphatic imine (C=N–C) groups is 1. The van der Waals surface area contributed by atoms with Crippen molar-refractivity contribution in [3.8, 4) is 5.88 Å². The molecule has 2 N–H and O–H groups in total. The molecule has 0 aromatic carbocycles. The predicted molar refractivity (Wildman–Crippen MR) is 89.2 cm³/mol. The predicted octanol–water partition coefficient (Wildman–Crippen LogP) is 1.95. The van der Waals surface area contributed by atoms with Gasteiger partial charge >= 0.3 is 0 Å². The van der Waals surface area contributed by atoms with Gasteiger partial charge in [-0.25, -0.2) is 9.98 Å². The molecule has 0 aliphatic rings. The van der Waals surface area contributed by atoms with E-state index in [0.717, 1.165) is 18.1 Å². The lowest BCUT2D eigenvalue weighted by Gasteiger charge is -2.09.